The normalized spacial score (nSPS) is 12.2. The van der Waals surface area contributed by atoms with Crippen LogP contribution in [-0.2, 0) is 0 Å². The molecule has 216 valence electrons. The lowest BCUT2D eigenvalue weighted by Gasteiger charge is -2.12. The average Bonchev–Trinajstić information content (AvgIpc) is 3.44. The van der Waals surface area contributed by atoms with Gasteiger partial charge in [-0.3, -0.25) is 0 Å². The first-order chi connectivity index (χ1) is 22.1. The van der Waals surface area contributed by atoms with E-state index in [0.29, 0.717) is 0 Å². The second-order valence-electron chi connectivity index (χ2n) is 11.2. The number of hydrogen-bond acceptors (Lipinski definition) is 1. The van der Waals surface area contributed by atoms with Crippen molar-refractivity contribution in [3.8, 4) is 27.9 Å². The summed E-state index contributed by atoms with van der Waals surface area (Å²) < 4.78 is 2.42. The van der Waals surface area contributed by atoms with Crippen LogP contribution in [0.25, 0.3) is 71.7 Å². The van der Waals surface area contributed by atoms with E-state index in [1.165, 1.54) is 54.8 Å². The van der Waals surface area contributed by atoms with Crippen LogP contribution in [0, 0.1) is 0 Å². The molecule has 2 heteroatoms. The molecule has 0 radical (unpaired) electrons. The fourth-order valence-electron chi connectivity index (χ4n) is 6.44. The summed E-state index contributed by atoms with van der Waals surface area (Å²) >= 11 is 0. The molecule has 2 N–H and O–H groups in total. The molecule has 0 aliphatic rings. The quantitative estimate of drug-likeness (QED) is 0.187. The number of para-hydroxylation sites is 1. The van der Waals surface area contributed by atoms with Crippen LogP contribution in [-0.4, -0.2) is 4.57 Å². The molecule has 0 amide bonds. The van der Waals surface area contributed by atoms with E-state index in [1.54, 1.807) is 12.3 Å². The molecule has 0 fully saturated rings. The van der Waals surface area contributed by atoms with E-state index in [0.717, 1.165) is 28.0 Å². The number of allylic oxidation sites excluding steroid dienone is 5. The average molecular weight is 579 g/mol. The molecule has 0 aliphatic carbocycles. The maximum Gasteiger partial charge on any atom is 0.0619 e. The van der Waals surface area contributed by atoms with E-state index in [9.17, 15) is 0 Å². The summed E-state index contributed by atoms with van der Waals surface area (Å²) in [6, 6.07) is 46.1. The van der Waals surface area contributed by atoms with Gasteiger partial charge in [0.05, 0.1) is 11.0 Å². The number of aromatic nitrogens is 1. The highest BCUT2D eigenvalue weighted by molar-refractivity contribution is 6.19. The van der Waals surface area contributed by atoms with Crippen LogP contribution in [0.15, 0.2) is 165 Å². The SMILES string of the molecule is C=C/C(=C\C)c1ccc(-c2ccc3c(ccc4c5ccc(-c6ccc(/C(C=C)=C/N)cc6)cc5n(-c5ccccc5)c34)c2)cc1. The number of nitrogens with two attached hydrogens (primary N) is 1. The Bertz CT molecular complexity index is 2280. The van der Waals surface area contributed by atoms with Crippen LogP contribution < -0.4 is 5.73 Å². The highest BCUT2D eigenvalue weighted by Gasteiger charge is 2.16. The first-order valence-corrected chi connectivity index (χ1v) is 15.2. The second-order valence-corrected chi connectivity index (χ2v) is 11.2. The lowest BCUT2D eigenvalue weighted by molar-refractivity contribution is 1.19. The molecule has 0 aliphatic heterocycles. The Morgan fingerprint density at radius 2 is 1.13 bits per heavy atom. The maximum atomic E-state index is 5.80. The van der Waals surface area contributed by atoms with Gasteiger partial charge in [0.1, 0.15) is 0 Å². The predicted molar refractivity (Wildman–Crippen MR) is 195 cm³/mol. The Morgan fingerprint density at radius 3 is 1.73 bits per heavy atom. The van der Waals surface area contributed by atoms with Crippen LogP contribution in [0.5, 0.6) is 0 Å². The Kier molecular flexibility index (Phi) is 7.25. The van der Waals surface area contributed by atoms with Crippen molar-refractivity contribution < 1.29 is 0 Å². The fraction of sp³-hybridized carbons (Fsp3) is 0.0233. The van der Waals surface area contributed by atoms with Crippen molar-refractivity contribution in [2.75, 3.05) is 0 Å². The molecule has 0 saturated carbocycles. The van der Waals surface area contributed by atoms with Crippen molar-refractivity contribution in [2.24, 2.45) is 5.73 Å². The fourth-order valence-corrected chi connectivity index (χ4v) is 6.44. The third-order valence-corrected chi connectivity index (χ3v) is 8.79. The summed E-state index contributed by atoms with van der Waals surface area (Å²) in [6.07, 6.45) is 7.37. The van der Waals surface area contributed by atoms with Gasteiger partial charge in [0.25, 0.3) is 0 Å². The lowest BCUT2D eigenvalue weighted by Crippen LogP contribution is -1.94. The second kappa shape index (κ2) is 11.7. The highest BCUT2D eigenvalue weighted by Crippen LogP contribution is 2.39. The monoisotopic (exact) mass is 578 g/mol. The molecule has 7 rings (SSSR count). The molecule has 0 spiro atoms. The van der Waals surface area contributed by atoms with E-state index in [4.69, 9.17) is 5.73 Å². The number of nitrogens with zero attached hydrogens (tertiary/aromatic N) is 1. The maximum absolute atomic E-state index is 5.80. The largest absolute Gasteiger partial charge is 0.404 e. The molecule has 0 bridgehead atoms. The predicted octanol–water partition coefficient (Wildman–Crippen LogP) is 11.3. The zero-order valence-corrected chi connectivity index (χ0v) is 25.4. The van der Waals surface area contributed by atoms with Crippen molar-refractivity contribution in [3.05, 3.63) is 176 Å². The van der Waals surface area contributed by atoms with Gasteiger partial charge in [-0.1, -0.05) is 135 Å². The van der Waals surface area contributed by atoms with Gasteiger partial charge in [0, 0.05) is 28.0 Å². The zero-order valence-electron chi connectivity index (χ0n) is 25.4. The van der Waals surface area contributed by atoms with E-state index in [2.05, 4.69) is 151 Å². The van der Waals surface area contributed by atoms with Crippen LogP contribution in [0.4, 0.5) is 0 Å². The van der Waals surface area contributed by atoms with Gasteiger partial charge in [-0.2, -0.15) is 0 Å². The van der Waals surface area contributed by atoms with Gasteiger partial charge in [-0.05, 0) is 81.1 Å². The topological polar surface area (TPSA) is 30.9 Å². The van der Waals surface area contributed by atoms with Crippen molar-refractivity contribution >= 4 is 43.7 Å². The van der Waals surface area contributed by atoms with Crippen LogP contribution in [0.1, 0.15) is 18.1 Å². The molecule has 1 heterocycles. The van der Waals surface area contributed by atoms with Crippen LogP contribution >= 0.6 is 0 Å². The first-order valence-electron chi connectivity index (χ1n) is 15.2. The molecule has 45 heavy (non-hydrogen) atoms. The van der Waals surface area contributed by atoms with E-state index < -0.39 is 0 Å². The Labute approximate surface area is 264 Å². The van der Waals surface area contributed by atoms with Gasteiger partial charge in [-0.15, -0.1) is 0 Å². The van der Waals surface area contributed by atoms with Crippen molar-refractivity contribution in [2.45, 2.75) is 6.92 Å². The molecule has 0 saturated heterocycles. The molecular formula is C43H34N2. The molecule has 6 aromatic carbocycles. The van der Waals surface area contributed by atoms with Crippen molar-refractivity contribution in [3.63, 3.8) is 0 Å². The number of hydrogen-bond donors (Lipinski definition) is 1. The number of fused-ring (bicyclic) bond motifs is 5. The molecule has 2 nitrogen and oxygen atoms in total. The molecule has 0 unspecified atom stereocenters. The van der Waals surface area contributed by atoms with Gasteiger partial charge in [0.2, 0.25) is 0 Å². The van der Waals surface area contributed by atoms with Crippen molar-refractivity contribution in [1.29, 1.82) is 0 Å². The summed E-state index contributed by atoms with van der Waals surface area (Å²) in [6.45, 7) is 9.87. The van der Waals surface area contributed by atoms with E-state index in [1.807, 2.05) is 13.0 Å². The highest BCUT2D eigenvalue weighted by atomic mass is 15.0. The minimum Gasteiger partial charge on any atom is -0.404 e. The summed E-state index contributed by atoms with van der Waals surface area (Å²) in [7, 11) is 0. The molecule has 1 aromatic heterocycles. The number of benzene rings is 6. The Morgan fingerprint density at radius 1 is 0.578 bits per heavy atom. The van der Waals surface area contributed by atoms with E-state index in [-0.39, 0.29) is 0 Å². The van der Waals surface area contributed by atoms with Crippen LogP contribution in [0.3, 0.4) is 0 Å². The van der Waals surface area contributed by atoms with Gasteiger partial charge in [0.15, 0.2) is 0 Å². The summed E-state index contributed by atoms with van der Waals surface area (Å²) in [5, 5.41) is 4.92. The third kappa shape index (κ3) is 4.87. The lowest BCUT2D eigenvalue weighted by atomic mass is 9.97. The Hall–Kier alpha value is -5.86. The summed E-state index contributed by atoms with van der Waals surface area (Å²) in [5.41, 5.74) is 18.3. The Balaban J connectivity index is 1.40. The number of rotatable bonds is 7. The molecule has 7 aromatic rings. The summed E-state index contributed by atoms with van der Waals surface area (Å²) in [4.78, 5) is 0. The smallest absolute Gasteiger partial charge is 0.0619 e. The zero-order chi connectivity index (χ0) is 30.9. The molecular weight excluding hydrogens is 544 g/mol. The van der Waals surface area contributed by atoms with Gasteiger partial charge < -0.3 is 10.3 Å². The van der Waals surface area contributed by atoms with Gasteiger partial charge in [-0.25, -0.2) is 0 Å². The van der Waals surface area contributed by atoms with Gasteiger partial charge >= 0.3 is 0 Å². The van der Waals surface area contributed by atoms with E-state index >= 15 is 0 Å². The standard InChI is InChI=1S/C43H34N2/c1-4-29(5-2)31-12-16-33(17-13-31)35-20-23-39-37(26-35)22-25-41-40-24-21-36(34-18-14-32(15-19-34)30(6-3)28-44)27-42(40)45(43(39)41)38-10-8-7-9-11-38/h4-28H,1,3,44H2,2H3/b29-5+,30-28+. The van der Waals surface area contributed by atoms with Crippen molar-refractivity contribution in [1.82, 2.24) is 4.57 Å². The summed E-state index contributed by atoms with van der Waals surface area (Å²) in [5.74, 6) is 0. The first kappa shape index (κ1) is 27.9. The third-order valence-electron chi connectivity index (χ3n) is 8.79. The molecule has 0 atom stereocenters. The minimum absolute atomic E-state index is 0.920. The minimum atomic E-state index is 0.920. The van der Waals surface area contributed by atoms with Crippen LogP contribution in [0.2, 0.25) is 0 Å².